The zero-order valence-corrected chi connectivity index (χ0v) is 11.7. The molecule has 0 amide bonds. The Hall–Kier alpha value is -2.61. The quantitative estimate of drug-likeness (QED) is 0.842. The second-order valence-corrected chi connectivity index (χ2v) is 5.07. The molecule has 0 N–H and O–H groups in total. The van der Waals surface area contributed by atoms with Gasteiger partial charge in [-0.05, 0) is 23.8 Å². The SMILES string of the molecule is O=C1C=CN(c2ccccc2)C(/C=C/c2ccccc2)C1. The third kappa shape index (κ3) is 3.29. The summed E-state index contributed by atoms with van der Waals surface area (Å²) in [6.45, 7) is 0. The largest absolute Gasteiger partial charge is 0.340 e. The molecule has 1 heterocycles. The minimum atomic E-state index is 0.0603. The van der Waals surface area contributed by atoms with E-state index in [0.29, 0.717) is 6.42 Å². The van der Waals surface area contributed by atoms with Crippen molar-refractivity contribution >= 4 is 17.5 Å². The van der Waals surface area contributed by atoms with Crippen LogP contribution in [0.15, 0.2) is 79.0 Å². The molecular formula is C19H17NO. The Morgan fingerprint density at radius 2 is 1.62 bits per heavy atom. The molecule has 3 rings (SSSR count). The summed E-state index contributed by atoms with van der Waals surface area (Å²) in [5.41, 5.74) is 2.25. The molecular weight excluding hydrogens is 258 g/mol. The Bertz CT molecular complexity index is 658. The number of para-hydroxylation sites is 1. The number of anilines is 1. The monoisotopic (exact) mass is 275 g/mol. The molecule has 1 aliphatic heterocycles. The molecule has 0 saturated heterocycles. The van der Waals surface area contributed by atoms with E-state index < -0.39 is 0 Å². The second kappa shape index (κ2) is 6.23. The summed E-state index contributed by atoms with van der Waals surface area (Å²) in [5, 5.41) is 0. The molecule has 2 aromatic carbocycles. The van der Waals surface area contributed by atoms with Crippen LogP contribution in [0, 0.1) is 0 Å². The lowest BCUT2D eigenvalue weighted by molar-refractivity contribution is -0.115. The molecule has 0 spiro atoms. The number of benzene rings is 2. The first-order valence-electron chi connectivity index (χ1n) is 7.10. The van der Waals surface area contributed by atoms with Gasteiger partial charge in [0.2, 0.25) is 0 Å². The van der Waals surface area contributed by atoms with Crippen LogP contribution in [0.3, 0.4) is 0 Å². The van der Waals surface area contributed by atoms with Gasteiger partial charge in [-0.2, -0.15) is 0 Å². The molecule has 0 saturated carbocycles. The highest BCUT2D eigenvalue weighted by atomic mass is 16.1. The lowest BCUT2D eigenvalue weighted by atomic mass is 10.0. The number of allylic oxidation sites excluding steroid dienone is 1. The summed E-state index contributed by atoms with van der Waals surface area (Å²) in [5.74, 6) is 0.171. The van der Waals surface area contributed by atoms with Gasteiger partial charge < -0.3 is 4.90 Å². The molecule has 2 aromatic rings. The molecule has 1 unspecified atom stereocenters. The Kier molecular flexibility index (Phi) is 3.97. The number of ketones is 1. The van der Waals surface area contributed by atoms with Gasteiger partial charge in [-0.25, -0.2) is 0 Å². The van der Waals surface area contributed by atoms with Crippen LogP contribution in [0.2, 0.25) is 0 Å². The highest BCUT2D eigenvalue weighted by Crippen LogP contribution is 2.23. The van der Waals surface area contributed by atoms with E-state index in [1.165, 1.54) is 0 Å². The number of carbonyl (C=O) groups excluding carboxylic acids is 1. The lowest BCUT2D eigenvalue weighted by Gasteiger charge is -2.30. The van der Waals surface area contributed by atoms with Gasteiger partial charge in [0.1, 0.15) is 0 Å². The summed E-state index contributed by atoms with van der Waals surface area (Å²) in [6, 6.07) is 20.3. The van der Waals surface area contributed by atoms with E-state index in [2.05, 4.69) is 41.3 Å². The summed E-state index contributed by atoms with van der Waals surface area (Å²) in [6.07, 6.45) is 8.21. The van der Waals surface area contributed by atoms with Gasteiger partial charge in [0.15, 0.2) is 5.78 Å². The van der Waals surface area contributed by atoms with Crippen LogP contribution in [-0.2, 0) is 4.79 Å². The fraction of sp³-hybridized carbons (Fsp3) is 0.105. The van der Waals surface area contributed by atoms with Crippen LogP contribution >= 0.6 is 0 Å². The maximum Gasteiger partial charge on any atom is 0.159 e. The number of hydrogen-bond donors (Lipinski definition) is 0. The zero-order valence-electron chi connectivity index (χ0n) is 11.7. The third-order valence-corrected chi connectivity index (χ3v) is 3.55. The van der Waals surface area contributed by atoms with Crippen molar-refractivity contribution < 1.29 is 4.79 Å². The van der Waals surface area contributed by atoms with Gasteiger partial charge in [0, 0.05) is 18.3 Å². The van der Waals surface area contributed by atoms with E-state index >= 15 is 0 Å². The summed E-state index contributed by atoms with van der Waals surface area (Å²) in [7, 11) is 0. The van der Waals surface area contributed by atoms with E-state index in [4.69, 9.17) is 0 Å². The van der Waals surface area contributed by atoms with Crippen molar-refractivity contribution in [1.82, 2.24) is 0 Å². The van der Waals surface area contributed by atoms with Gasteiger partial charge in [-0.15, -0.1) is 0 Å². The minimum absolute atomic E-state index is 0.0603. The molecule has 104 valence electrons. The molecule has 2 nitrogen and oxygen atoms in total. The van der Waals surface area contributed by atoms with Crippen molar-refractivity contribution in [3.63, 3.8) is 0 Å². The van der Waals surface area contributed by atoms with Gasteiger partial charge in [0.25, 0.3) is 0 Å². The number of carbonyl (C=O) groups is 1. The molecule has 1 atom stereocenters. The van der Waals surface area contributed by atoms with Crippen molar-refractivity contribution in [2.75, 3.05) is 4.90 Å². The minimum Gasteiger partial charge on any atom is -0.340 e. The van der Waals surface area contributed by atoms with Crippen molar-refractivity contribution in [2.45, 2.75) is 12.5 Å². The topological polar surface area (TPSA) is 20.3 Å². The smallest absolute Gasteiger partial charge is 0.159 e. The Labute approximate surface area is 125 Å². The molecule has 0 fully saturated rings. The van der Waals surface area contributed by atoms with Crippen LogP contribution < -0.4 is 4.90 Å². The molecule has 1 aliphatic rings. The van der Waals surface area contributed by atoms with Crippen LogP contribution in [0.5, 0.6) is 0 Å². The first-order chi connectivity index (χ1) is 10.3. The molecule has 0 radical (unpaired) electrons. The van der Waals surface area contributed by atoms with E-state index in [9.17, 15) is 4.79 Å². The summed E-state index contributed by atoms with van der Waals surface area (Å²) in [4.78, 5) is 13.9. The number of hydrogen-bond acceptors (Lipinski definition) is 2. The van der Waals surface area contributed by atoms with Gasteiger partial charge in [0.05, 0.1) is 6.04 Å². The van der Waals surface area contributed by atoms with E-state index in [-0.39, 0.29) is 11.8 Å². The maximum absolute atomic E-state index is 11.7. The highest BCUT2D eigenvalue weighted by molar-refractivity contribution is 5.92. The van der Waals surface area contributed by atoms with Crippen LogP contribution in [0.4, 0.5) is 5.69 Å². The predicted molar refractivity (Wildman–Crippen MR) is 86.9 cm³/mol. The normalized spacial score (nSPS) is 18.4. The molecule has 0 aromatic heterocycles. The first kappa shape index (κ1) is 13.4. The van der Waals surface area contributed by atoms with E-state index in [1.54, 1.807) is 6.08 Å². The first-order valence-corrected chi connectivity index (χ1v) is 7.10. The van der Waals surface area contributed by atoms with Gasteiger partial charge in [-0.3, -0.25) is 4.79 Å². The van der Waals surface area contributed by atoms with E-state index in [0.717, 1.165) is 11.3 Å². The Morgan fingerprint density at radius 3 is 2.33 bits per heavy atom. The average molecular weight is 275 g/mol. The number of nitrogens with zero attached hydrogens (tertiary/aromatic N) is 1. The van der Waals surface area contributed by atoms with Crippen molar-refractivity contribution in [1.29, 1.82) is 0 Å². The summed E-state index contributed by atoms with van der Waals surface area (Å²) < 4.78 is 0. The third-order valence-electron chi connectivity index (χ3n) is 3.55. The van der Waals surface area contributed by atoms with Crippen LogP contribution in [0.25, 0.3) is 6.08 Å². The lowest BCUT2D eigenvalue weighted by Crippen LogP contribution is -2.34. The fourth-order valence-electron chi connectivity index (χ4n) is 2.47. The van der Waals surface area contributed by atoms with Crippen molar-refractivity contribution in [2.24, 2.45) is 0 Å². The summed E-state index contributed by atoms with van der Waals surface area (Å²) >= 11 is 0. The maximum atomic E-state index is 11.7. The average Bonchev–Trinajstić information content (AvgIpc) is 2.55. The second-order valence-electron chi connectivity index (χ2n) is 5.07. The highest BCUT2D eigenvalue weighted by Gasteiger charge is 2.21. The van der Waals surface area contributed by atoms with Crippen molar-refractivity contribution in [3.05, 3.63) is 84.6 Å². The fourth-order valence-corrected chi connectivity index (χ4v) is 2.47. The Balaban J connectivity index is 1.86. The van der Waals surface area contributed by atoms with Crippen molar-refractivity contribution in [3.8, 4) is 0 Å². The van der Waals surface area contributed by atoms with Gasteiger partial charge >= 0.3 is 0 Å². The Morgan fingerprint density at radius 1 is 0.952 bits per heavy atom. The zero-order chi connectivity index (χ0) is 14.5. The molecule has 21 heavy (non-hydrogen) atoms. The van der Waals surface area contributed by atoms with Crippen LogP contribution in [-0.4, -0.2) is 11.8 Å². The van der Waals surface area contributed by atoms with Crippen LogP contribution in [0.1, 0.15) is 12.0 Å². The molecule has 0 bridgehead atoms. The molecule has 2 heteroatoms. The molecule has 0 aliphatic carbocycles. The standard InChI is InChI=1S/C19H17NO/c21-19-13-14-20(17-9-5-2-6-10-17)18(15-19)12-11-16-7-3-1-4-8-16/h1-14,18H,15H2/b12-11+. The van der Waals surface area contributed by atoms with E-state index in [1.807, 2.05) is 42.6 Å². The van der Waals surface area contributed by atoms with Gasteiger partial charge in [-0.1, -0.05) is 60.7 Å². The number of rotatable bonds is 3. The predicted octanol–water partition coefficient (Wildman–Crippen LogP) is 4.06.